The lowest BCUT2D eigenvalue weighted by Gasteiger charge is -2.30. The van der Waals surface area contributed by atoms with Crippen LogP contribution < -0.4 is 20.5 Å². The van der Waals surface area contributed by atoms with Crippen LogP contribution in [0.15, 0.2) is 42.5 Å². The Kier molecular flexibility index (Phi) is 14.4. The molecule has 0 fully saturated rings. The number of aliphatic hydroxyl groups is 1. The van der Waals surface area contributed by atoms with Crippen LogP contribution in [-0.4, -0.2) is 50.6 Å². The number of nitrogens with one attached hydrogen (secondary N) is 1. The van der Waals surface area contributed by atoms with Crippen molar-refractivity contribution in [1.29, 1.82) is 0 Å². The lowest BCUT2D eigenvalue weighted by molar-refractivity contribution is -0.127. The minimum absolute atomic E-state index is 0.00928. The number of hydrogen-bond acceptors (Lipinski definition) is 6. The normalized spacial score (nSPS) is 14.6. The second-order valence-electron chi connectivity index (χ2n) is 11.3. The van der Waals surface area contributed by atoms with Crippen molar-refractivity contribution >= 4 is 5.91 Å². The average Bonchev–Trinajstić information content (AvgIpc) is 2.92. The number of nitrogens with two attached hydrogens (primary N) is 1. The highest BCUT2D eigenvalue weighted by Gasteiger charge is 2.30. The van der Waals surface area contributed by atoms with Gasteiger partial charge in [-0.2, -0.15) is 0 Å². The van der Waals surface area contributed by atoms with Gasteiger partial charge >= 0.3 is 0 Å². The van der Waals surface area contributed by atoms with Gasteiger partial charge in [-0.05, 0) is 60.8 Å². The van der Waals surface area contributed by atoms with Gasteiger partial charge in [-0.1, -0.05) is 52.0 Å². The third kappa shape index (κ3) is 10.7. The quantitative estimate of drug-likeness (QED) is 0.219. The molecule has 0 spiro atoms. The van der Waals surface area contributed by atoms with E-state index in [2.05, 4.69) is 19.2 Å². The number of rotatable bonds is 18. The molecule has 4 atom stereocenters. The van der Waals surface area contributed by atoms with E-state index >= 15 is 0 Å². The Labute approximate surface area is 239 Å². The van der Waals surface area contributed by atoms with Crippen molar-refractivity contribution in [2.24, 2.45) is 29.4 Å². The highest BCUT2D eigenvalue weighted by atomic mass is 19.1. The first-order valence-corrected chi connectivity index (χ1v) is 14.3. The molecule has 2 aromatic carbocycles. The molecule has 0 bridgehead atoms. The number of aliphatic hydroxyl groups excluding tert-OH is 1. The van der Waals surface area contributed by atoms with E-state index in [4.69, 9.17) is 19.9 Å². The molecule has 0 heterocycles. The van der Waals surface area contributed by atoms with Gasteiger partial charge in [0.2, 0.25) is 5.91 Å². The summed E-state index contributed by atoms with van der Waals surface area (Å²) in [5, 5.41) is 13.9. The number of carbonyl (C=O) groups excluding carboxylic acids is 1. The third-order valence-corrected chi connectivity index (χ3v) is 7.54. The first-order chi connectivity index (χ1) is 19.1. The van der Waals surface area contributed by atoms with Crippen molar-refractivity contribution in [3.63, 3.8) is 0 Å². The lowest BCUT2D eigenvalue weighted by Crippen LogP contribution is -2.42. The Morgan fingerprint density at radius 2 is 1.73 bits per heavy atom. The van der Waals surface area contributed by atoms with E-state index in [0.29, 0.717) is 42.6 Å². The van der Waals surface area contributed by atoms with Crippen molar-refractivity contribution in [3.05, 3.63) is 59.4 Å². The van der Waals surface area contributed by atoms with Crippen LogP contribution in [0.3, 0.4) is 0 Å². The van der Waals surface area contributed by atoms with Gasteiger partial charge in [0.25, 0.3) is 0 Å². The zero-order valence-electron chi connectivity index (χ0n) is 25.0. The predicted molar refractivity (Wildman–Crippen MR) is 157 cm³/mol. The van der Waals surface area contributed by atoms with Gasteiger partial charge in [-0.25, -0.2) is 4.39 Å². The fourth-order valence-electron chi connectivity index (χ4n) is 4.82. The maximum Gasteiger partial charge on any atom is 0.223 e. The number of hydrogen-bond donors (Lipinski definition) is 3. The number of methoxy groups -OCH3 is 2. The molecule has 0 radical (unpaired) electrons. The summed E-state index contributed by atoms with van der Waals surface area (Å²) in [7, 11) is 3.29. The molecule has 1 amide bonds. The Morgan fingerprint density at radius 3 is 2.35 bits per heavy atom. The molecule has 224 valence electrons. The zero-order chi connectivity index (χ0) is 29.7. The molecule has 40 heavy (non-hydrogen) atoms. The first-order valence-electron chi connectivity index (χ1n) is 14.3. The predicted octanol–water partition coefficient (Wildman–Crippen LogP) is 5.12. The van der Waals surface area contributed by atoms with Gasteiger partial charge in [0, 0.05) is 44.2 Å². The van der Waals surface area contributed by atoms with Crippen molar-refractivity contribution in [2.75, 3.05) is 27.4 Å². The molecule has 0 unspecified atom stereocenters. The molecule has 4 N–H and O–H groups in total. The highest BCUT2D eigenvalue weighted by molar-refractivity contribution is 5.78. The molecule has 0 saturated heterocycles. The maximum absolute atomic E-state index is 14.0. The molecule has 0 aliphatic carbocycles. The van der Waals surface area contributed by atoms with Crippen molar-refractivity contribution < 1.29 is 28.5 Å². The van der Waals surface area contributed by atoms with E-state index in [9.17, 15) is 14.3 Å². The van der Waals surface area contributed by atoms with Crippen LogP contribution in [0.25, 0.3) is 0 Å². The van der Waals surface area contributed by atoms with Crippen LogP contribution in [-0.2, 0) is 22.5 Å². The van der Waals surface area contributed by atoms with Gasteiger partial charge in [-0.15, -0.1) is 0 Å². The Morgan fingerprint density at radius 1 is 1.00 bits per heavy atom. The molecule has 0 saturated carbocycles. The summed E-state index contributed by atoms with van der Waals surface area (Å²) in [4.78, 5) is 13.0. The molecule has 7 nitrogen and oxygen atoms in total. The second-order valence-corrected chi connectivity index (χ2v) is 11.3. The van der Waals surface area contributed by atoms with E-state index in [1.165, 1.54) is 6.07 Å². The molecule has 2 aromatic rings. The summed E-state index contributed by atoms with van der Waals surface area (Å²) >= 11 is 0. The zero-order valence-corrected chi connectivity index (χ0v) is 25.0. The van der Waals surface area contributed by atoms with Gasteiger partial charge in [0.05, 0.1) is 19.8 Å². The fourth-order valence-corrected chi connectivity index (χ4v) is 4.82. The molecular weight excluding hydrogens is 511 g/mol. The molecule has 0 aliphatic heterocycles. The van der Waals surface area contributed by atoms with Crippen molar-refractivity contribution in [3.8, 4) is 11.5 Å². The second kappa shape index (κ2) is 17.2. The largest absolute Gasteiger partial charge is 0.493 e. The molecule has 8 heteroatoms. The van der Waals surface area contributed by atoms with Crippen LogP contribution in [0, 0.1) is 29.5 Å². The van der Waals surface area contributed by atoms with Gasteiger partial charge in [-0.3, -0.25) is 4.79 Å². The van der Waals surface area contributed by atoms with Crippen LogP contribution in [0.2, 0.25) is 0 Å². The topological polar surface area (TPSA) is 103 Å². The van der Waals surface area contributed by atoms with Crippen LogP contribution in [0.1, 0.15) is 58.1 Å². The molecule has 2 rings (SSSR count). The third-order valence-electron chi connectivity index (χ3n) is 7.54. The lowest BCUT2D eigenvalue weighted by atomic mass is 9.81. The van der Waals surface area contributed by atoms with Gasteiger partial charge in [0.1, 0.15) is 5.82 Å². The fraction of sp³-hybridized carbons (Fsp3) is 0.594. The SMILES string of the molecule is COCCCOc1cc(C[C@@H](C[C@H](N)[C@@H](O)C[C@H](C(=O)NCc2ccccc2F)C(C)C)C(C)C)ccc1OC. The van der Waals surface area contributed by atoms with E-state index in [0.717, 1.165) is 18.4 Å². The number of amides is 1. The Balaban J connectivity index is 2.01. The Bertz CT molecular complexity index is 1030. The first kappa shape index (κ1) is 33.5. The number of benzene rings is 2. The number of ether oxygens (including phenoxy) is 3. The summed E-state index contributed by atoms with van der Waals surface area (Å²) in [5.74, 6) is 0.915. The minimum atomic E-state index is -0.844. The van der Waals surface area contributed by atoms with E-state index in [-0.39, 0.29) is 36.5 Å². The van der Waals surface area contributed by atoms with Crippen LogP contribution in [0.4, 0.5) is 4.39 Å². The smallest absolute Gasteiger partial charge is 0.223 e. The number of halogens is 1. The van der Waals surface area contributed by atoms with E-state index in [1.807, 2.05) is 32.0 Å². The van der Waals surface area contributed by atoms with Crippen molar-refractivity contribution in [2.45, 2.75) is 72.1 Å². The highest BCUT2D eigenvalue weighted by Crippen LogP contribution is 2.32. The monoisotopic (exact) mass is 560 g/mol. The van der Waals surface area contributed by atoms with E-state index < -0.39 is 18.1 Å². The van der Waals surface area contributed by atoms with Gasteiger partial charge < -0.3 is 30.4 Å². The molecular formula is C32H49FN2O5. The molecule has 0 aliphatic rings. The summed E-state index contributed by atoms with van der Waals surface area (Å²) in [5.41, 5.74) is 8.06. The Hall–Kier alpha value is -2.68. The summed E-state index contributed by atoms with van der Waals surface area (Å²) in [6, 6.07) is 11.8. The van der Waals surface area contributed by atoms with Crippen LogP contribution in [0.5, 0.6) is 11.5 Å². The standard InChI is InChI=1S/C32H49FN2O5/c1-21(2)25(16-23-12-13-30(39-6)31(17-23)40-15-9-14-38-5)18-28(34)29(36)19-26(22(3)4)32(37)35-20-24-10-7-8-11-27(24)33/h7-8,10-13,17,21-22,25-26,28-29,36H,9,14-16,18-20,34H2,1-6H3,(H,35,37)/t25-,26-,28-,29-/m0/s1. The summed E-state index contributed by atoms with van der Waals surface area (Å²) in [6.07, 6.45) is 1.56. The maximum atomic E-state index is 14.0. The molecule has 0 aromatic heterocycles. The summed E-state index contributed by atoms with van der Waals surface area (Å²) in [6.45, 7) is 9.46. The van der Waals surface area contributed by atoms with E-state index in [1.54, 1.807) is 32.4 Å². The minimum Gasteiger partial charge on any atom is -0.493 e. The van der Waals surface area contributed by atoms with Gasteiger partial charge in [0.15, 0.2) is 11.5 Å². The van der Waals surface area contributed by atoms with Crippen LogP contribution >= 0.6 is 0 Å². The summed E-state index contributed by atoms with van der Waals surface area (Å²) < 4.78 is 30.5. The average molecular weight is 561 g/mol. The van der Waals surface area contributed by atoms with Crippen molar-refractivity contribution in [1.82, 2.24) is 5.32 Å². The number of carbonyl (C=O) groups is 1.